The third kappa shape index (κ3) is 4.31. The Labute approximate surface area is 114 Å². The molecule has 0 heterocycles. The topological polar surface area (TPSA) is 41.1 Å². The molecule has 0 saturated carbocycles. The van der Waals surface area contributed by atoms with Crippen LogP contribution in [0.15, 0.2) is 24.3 Å². The maximum absolute atomic E-state index is 13.4. The molecule has 0 saturated heterocycles. The van der Waals surface area contributed by atoms with E-state index in [0.717, 1.165) is 19.3 Å². The molecule has 0 atom stereocenters. The van der Waals surface area contributed by atoms with Crippen LogP contribution in [0.4, 0.5) is 10.1 Å². The van der Waals surface area contributed by atoms with Gasteiger partial charge in [-0.05, 0) is 31.4 Å². The fourth-order valence-corrected chi connectivity index (χ4v) is 2.15. The Morgan fingerprint density at radius 3 is 2.26 bits per heavy atom. The number of nitrogens with one attached hydrogen (secondary N) is 2. The van der Waals surface area contributed by atoms with Gasteiger partial charge in [-0.3, -0.25) is 4.79 Å². The van der Waals surface area contributed by atoms with Crippen molar-refractivity contribution in [3.63, 3.8) is 0 Å². The second-order valence-corrected chi connectivity index (χ2v) is 4.72. The highest BCUT2D eigenvalue weighted by molar-refractivity contribution is 5.92. The van der Waals surface area contributed by atoms with E-state index < -0.39 is 5.82 Å². The summed E-state index contributed by atoms with van der Waals surface area (Å²) in [6.07, 6.45) is 2.90. The highest BCUT2D eigenvalue weighted by Crippen LogP contribution is 2.19. The number of carbonyl (C=O) groups is 1. The molecular weight excluding hydrogens is 243 g/mol. The summed E-state index contributed by atoms with van der Waals surface area (Å²) < 4.78 is 13.4. The van der Waals surface area contributed by atoms with Gasteiger partial charge in [-0.25, -0.2) is 4.39 Å². The highest BCUT2D eigenvalue weighted by atomic mass is 19.1. The zero-order chi connectivity index (χ0) is 14.3. The van der Waals surface area contributed by atoms with Crippen LogP contribution in [-0.4, -0.2) is 18.0 Å². The van der Waals surface area contributed by atoms with Crippen molar-refractivity contribution in [2.45, 2.75) is 45.6 Å². The molecule has 0 aliphatic carbocycles. The van der Waals surface area contributed by atoms with Gasteiger partial charge >= 0.3 is 0 Å². The smallest absolute Gasteiger partial charge is 0.238 e. The first-order valence-electron chi connectivity index (χ1n) is 6.86. The fourth-order valence-electron chi connectivity index (χ4n) is 2.15. The molecule has 0 aliphatic rings. The van der Waals surface area contributed by atoms with Crippen LogP contribution >= 0.6 is 0 Å². The summed E-state index contributed by atoms with van der Waals surface area (Å²) in [4.78, 5) is 11.8. The molecular formula is C15H23FN2O. The van der Waals surface area contributed by atoms with E-state index in [0.29, 0.717) is 0 Å². The van der Waals surface area contributed by atoms with E-state index >= 15 is 0 Å². The molecule has 0 aliphatic heterocycles. The van der Waals surface area contributed by atoms with E-state index in [9.17, 15) is 9.18 Å². The number of amides is 1. The number of rotatable bonds is 7. The molecule has 0 fully saturated rings. The quantitative estimate of drug-likeness (QED) is 0.795. The summed E-state index contributed by atoms with van der Waals surface area (Å²) in [5, 5.41) is 5.87. The molecule has 4 heteroatoms. The number of halogens is 1. The number of hydrogen-bond donors (Lipinski definition) is 2. The first-order chi connectivity index (χ1) is 9.06. The van der Waals surface area contributed by atoms with Crippen LogP contribution in [0.25, 0.3) is 0 Å². The lowest BCUT2D eigenvalue weighted by Gasteiger charge is -2.31. The molecule has 1 aromatic rings. The summed E-state index contributed by atoms with van der Waals surface area (Å²) in [6, 6.07) is 6.18. The molecule has 3 nitrogen and oxygen atoms in total. The molecule has 106 valence electrons. The SMILES string of the molecule is CCC(CC)(CC)NCC(=O)Nc1ccccc1F. The minimum absolute atomic E-state index is 0.00737. The molecule has 1 aromatic carbocycles. The fraction of sp³-hybridized carbons (Fsp3) is 0.533. The number of hydrogen-bond acceptors (Lipinski definition) is 2. The van der Waals surface area contributed by atoms with Crippen LogP contribution < -0.4 is 10.6 Å². The van der Waals surface area contributed by atoms with Crippen LogP contribution in [0.3, 0.4) is 0 Å². The van der Waals surface area contributed by atoms with Gasteiger partial charge in [-0.2, -0.15) is 0 Å². The van der Waals surface area contributed by atoms with E-state index in [1.165, 1.54) is 6.07 Å². The van der Waals surface area contributed by atoms with Crippen LogP contribution in [0.1, 0.15) is 40.0 Å². The maximum atomic E-state index is 13.4. The van der Waals surface area contributed by atoms with Gasteiger partial charge in [0.2, 0.25) is 5.91 Å². The normalized spacial score (nSPS) is 11.4. The molecule has 1 amide bonds. The van der Waals surface area contributed by atoms with Crippen molar-refractivity contribution >= 4 is 11.6 Å². The van der Waals surface area contributed by atoms with E-state index in [2.05, 4.69) is 31.4 Å². The summed E-state index contributed by atoms with van der Waals surface area (Å²) >= 11 is 0. The Hall–Kier alpha value is -1.42. The Morgan fingerprint density at radius 1 is 1.16 bits per heavy atom. The minimum Gasteiger partial charge on any atom is -0.322 e. The molecule has 0 aromatic heterocycles. The Balaban J connectivity index is 2.55. The average Bonchev–Trinajstić information content (AvgIpc) is 2.44. The molecule has 0 unspecified atom stereocenters. The monoisotopic (exact) mass is 266 g/mol. The lowest BCUT2D eigenvalue weighted by Crippen LogP contribution is -2.47. The van der Waals surface area contributed by atoms with Gasteiger partial charge in [0.05, 0.1) is 12.2 Å². The highest BCUT2D eigenvalue weighted by Gasteiger charge is 2.23. The average molecular weight is 266 g/mol. The molecule has 0 bridgehead atoms. The van der Waals surface area contributed by atoms with E-state index in [4.69, 9.17) is 0 Å². The van der Waals surface area contributed by atoms with Gasteiger partial charge in [-0.1, -0.05) is 32.9 Å². The van der Waals surface area contributed by atoms with Crippen molar-refractivity contribution in [2.75, 3.05) is 11.9 Å². The second kappa shape index (κ2) is 7.24. The van der Waals surface area contributed by atoms with E-state index in [1.807, 2.05) is 0 Å². The minimum atomic E-state index is -0.413. The first-order valence-corrected chi connectivity index (χ1v) is 6.86. The number of benzene rings is 1. The summed E-state index contributed by atoms with van der Waals surface area (Å²) in [7, 11) is 0. The van der Waals surface area contributed by atoms with Crippen molar-refractivity contribution < 1.29 is 9.18 Å². The first kappa shape index (κ1) is 15.6. The van der Waals surface area contributed by atoms with Gasteiger partial charge in [0.15, 0.2) is 0 Å². The van der Waals surface area contributed by atoms with E-state index in [1.54, 1.807) is 18.2 Å². The van der Waals surface area contributed by atoms with Crippen molar-refractivity contribution in [2.24, 2.45) is 0 Å². The van der Waals surface area contributed by atoms with Crippen molar-refractivity contribution in [1.82, 2.24) is 5.32 Å². The summed E-state index contributed by atoms with van der Waals surface area (Å²) in [6.45, 7) is 6.52. The Morgan fingerprint density at radius 2 is 1.74 bits per heavy atom. The number of carbonyl (C=O) groups excluding carboxylic acids is 1. The van der Waals surface area contributed by atoms with Crippen LogP contribution in [0.2, 0.25) is 0 Å². The van der Waals surface area contributed by atoms with Gasteiger partial charge in [0.1, 0.15) is 5.82 Å². The van der Waals surface area contributed by atoms with Crippen molar-refractivity contribution in [3.8, 4) is 0 Å². The van der Waals surface area contributed by atoms with Gasteiger partial charge in [0.25, 0.3) is 0 Å². The number of para-hydroxylation sites is 1. The number of anilines is 1. The van der Waals surface area contributed by atoms with Crippen LogP contribution in [0, 0.1) is 5.82 Å². The van der Waals surface area contributed by atoms with Gasteiger partial charge in [-0.15, -0.1) is 0 Å². The van der Waals surface area contributed by atoms with Gasteiger partial charge < -0.3 is 10.6 Å². The Bertz CT molecular complexity index is 408. The van der Waals surface area contributed by atoms with Crippen LogP contribution in [0.5, 0.6) is 0 Å². The predicted octanol–water partition coefficient (Wildman–Crippen LogP) is 3.32. The Kier molecular flexibility index (Phi) is 5.96. The summed E-state index contributed by atoms with van der Waals surface area (Å²) in [5.74, 6) is -0.631. The molecule has 1 rings (SSSR count). The van der Waals surface area contributed by atoms with Gasteiger partial charge in [0, 0.05) is 5.54 Å². The largest absolute Gasteiger partial charge is 0.322 e. The summed E-state index contributed by atoms with van der Waals surface area (Å²) in [5.41, 5.74) is 0.219. The molecule has 2 N–H and O–H groups in total. The maximum Gasteiger partial charge on any atom is 0.238 e. The lowest BCUT2D eigenvalue weighted by atomic mass is 9.90. The lowest BCUT2D eigenvalue weighted by molar-refractivity contribution is -0.115. The second-order valence-electron chi connectivity index (χ2n) is 4.72. The predicted molar refractivity (Wildman–Crippen MR) is 76.6 cm³/mol. The third-order valence-electron chi connectivity index (χ3n) is 3.80. The van der Waals surface area contributed by atoms with Crippen molar-refractivity contribution in [1.29, 1.82) is 0 Å². The molecule has 19 heavy (non-hydrogen) atoms. The molecule has 0 radical (unpaired) electrons. The zero-order valence-electron chi connectivity index (χ0n) is 11.9. The zero-order valence-corrected chi connectivity index (χ0v) is 11.9. The molecule has 0 spiro atoms. The van der Waals surface area contributed by atoms with Crippen LogP contribution in [-0.2, 0) is 4.79 Å². The third-order valence-corrected chi connectivity index (χ3v) is 3.80. The van der Waals surface area contributed by atoms with Crippen molar-refractivity contribution in [3.05, 3.63) is 30.1 Å². The standard InChI is InChI=1S/C15H23FN2O/c1-4-15(5-2,6-3)17-11-14(19)18-13-10-8-7-9-12(13)16/h7-10,17H,4-6,11H2,1-3H3,(H,18,19). The van der Waals surface area contributed by atoms with E-state index in [-0.39, 0.29) is 23.7 Å².